The highest BCUT2D eigenvalue weighted by atomic mass is 32.1. The van der Waals surface area contributed by atoms with Gasteiger partial charge in [0.05, 0.1) is 12.7 Å². The van der Waals surface area contributed by atoms with Crippen LogP contribution in [0.4, 0.5) is 5.69 Å². The minimum atomic E-state index is -0.691. The number of aliphatic hydroxyl groups excluding tert-OH is 1. The van der Waals surface area contributed by atoms with E-state index in [0.29, 0.717) is 17.0 Å². The maximum Gasteiger partial charge on any atom is 0.300 e. The molecular weight excluding hydrogens is 410 g/mol. The summed E-state index contributed by atoms with van der Waals surface area (Å²) in [5.41, 5.74) is 3.79. The van der Waals surface area contributed by atoms with Gasteiger partial charge in [-0.3, -0.25) is 14.5 Å². The number of hydrogen-bond acceptors (Lipinski definition) is 5. The van der Waals surface area contributed by atoms with E-state index < -0.39 is 17.7 Å². The van der Waals surface area contributed by atoms with Crippen molar-refractivity contribution in [2.24, 2.45) is 0 Å². The number of carbonyl (C=O) groups excluding carboxylic acids is 2. The number of hydrogen-bond donors (Lipinski definition) is 1. The standard InChI is InChI=1S/C25H23NO4S/c1-14-10-11-31-24(14)21-20(22(27)18-12-16(3)19(30-4)13-15(18)2)23(28)25(29)26(21)17-8-6-5-7-9-17/h5-13,21,27H,1-4H3/b22-20+. The molecule has 158 valence electrons. The van der Waals surface area contributed by atoms with Gasteiger partial charge in [0, 0.05) is 16.1 Å². The highest BCUT2D eigenvalue weighted by molar-refractivity contribution is 7.10. The van der Waals surface area contributed by atoms with Gasteiger partial charge in [-0.05, 0) is 73.2 Å². The van der Waals surface area contributed by atoms with Crippen LogP contribution < -0.4 is 9.64 Å². The van der Waals surface area contributed by atoms with Crippen LogP contribution >= 0.6 is 11.3 Å². The molecule has 0 bridgehead atoms. The predicted octanol–water partition coefficient (Wildman–Crippen LogP) is 5.31. The van der Waals surface area contributed by atoms with Crippen LogP contribution in [0.15, 0.2) is 59.5 Å². The van der Waals surface area contributed by atoms with Gasteiger partial charge in [-0.2, -0.15) is 0 Å². The molecule has 31 heavy (non-hydrogen) atoms. The molecule has 1 saturated heterocycles. The molecule has 3 aromatic rings. The summed E-state index contributed by atoms with van der Waals surface area (Å²) in [5.74, 6) is -0.803. The van der Waals surface area contributed by atoms with Crippen molar-refractivity contribution in [3.8, 4) is 5.75 Å². The second kappa shape index (κ2) is 8.04. The van der Waals surface area contributed by atoms with Crippen LogP contribution in [0.2, 0.25) is 0 Å². The molecule has 0 aliphatic carbocycles. The number of benzene rings is 2. The predicted molar refractivity (Wildman–Crippen MR) is 123 cm³/mol. The molecule has 2 aromatic carbocycles. The Morgan fingerprint density at radius 3 is 2.32 bits per heavy atom. The molecule has 1 amide bonds. The van der Waals surface area contributed by atoms with Crippen LogP contribution in [-0.4, -0.2) is 23.9 Å². The summed E-state index contributed by atoms with van der Waals surface area (Å²) in [5, 5.41) is 13.3. The third kappa shape index (κ3) is 3.43. The molecule has 1 atom stereocenters. The molecule has 5 nitrogen and oxygen atoms in total. The zero-order valence-electron chi connectivity index (χ0n) is 17.8. The third-order valence-corrected chi connectivity index (χ3v) is 6.70. The second-order valence-corrected chi connectivity index (χ2v) is 8.56. The van der Waals surface area contributed by atoms with E-state index >= 15 is 0 Å². The number of carbonyl (C=O) groups is 2. The Hall–Kier alpha value is -3.38. The fraction of sp³-hybridized carbons (Fsp3) is 0.200. The van der Waals surface area contributed by atoms with Gasteiger partial charge in [0.2, 0.25) is 0 Å². The SMILES string of the molecule is COc1cc(C)c(/C(O)=C2\C(=O)C(=O)N(c3ccccc3)C2c2sccc2C)cc1C. The maximum absolute atomic E-state index is 13.2. The van der Waals surface area contributed by atoms with E-state index in [4.69, 9.17) is 4.74 Å². The Kier molecular flexibility index (Phi) is 5.41. The Bertz CT molecular complexity index is 1210. The van der Waals surface area contributed by atoms with E-state index in [9.17, 15) is 14.7 Å². The van der Waals surface area contributed by atoms with E-state index in [1.165, 1.54) is 16.2 Å². The number of aryl methyl sites for hydroxylation is 3. The monoisotopic (exact) mass is 433 g/mol. The number of thiophene rings is 1. The van der Waals surface area contributed by atoms with Gasteiger partial charge in [-0.15, -0.1) is 11.3 Å². The van der Waals surface area contributed by atoms with Crippen LogP contribution in [0, 0.1) is 20.8 Å². The van der Waals surface area contributed by atoms with Crippen molar-refractivity contribution in [3.63, 3.8) is 0 Å². The number of nitrogens with zero attached hydrogens (tertiary/aromatic N) is 1. The number of aliphatic hydroxyl groups is 1. The number of ether oxygens (including phenoxy) is 1. The lowest BCUT2D eigenvalue weighted by molar-refractivity contribution is -0.132. The molecule has 1 aliphatic heterocycles. The van der Waals surface area contributed by atoms with Crippen LogP contribution in [0.1, 0.15) is 33.2 Å². The third-order valence-electron chi connectivity index (χ3n) is 5.63. The van der Waals surface area contributed by atoms with E-state index in [1.54, 1.807) is 25.3 Å². The Balaban J connectivity index is 1.97. The molecular formula is C25H23NO4S. The van der Waals surface area contributed by atoms with Crippen molar-refractivity contribution in [3.05, 3.63) is 86.6 Å². The molecule has 0 saturated carbocycles. The topological polar surface area (TPSA) is 66.8 Å². The second-order valence-electron chi connectivity index (χ2n) is 7.61. The van der Waals surface area contributed by atoms with Crippen molar-refractivity contribution in [1.82, 2.24) is 0 Å². The summed E-state index contributed by atoms with van der Waals surface area (Å²) >= 11 is 1.47. The van der Waals surface area contributed by atoms with Gasteiger partial charge < -0.3 is 9.84 Å². The highest BCUT2D eigenvalue weighted by Gasteiger charge is 2.48. The summed E-state index contributed by atoms with van der Waals surface area (Å²) in [6.45, 7) is 5.66. The number of methoxy groups -OCH3 is 1. The van der Waals surface area contributed by atoms with E-state index in [1.807, 2.05) is 56.5 Å². The lowest BCUT2D eigenvalue weighted by Crippen LogP contribution is -2.29. The highest BCUT2D eigenvalue weighted by Crippen LogP contribution is 2.45. The Morgan fingerprint density at radius 2 is 1.71 bits per heavy atom. The van der Waals surface area contributed by atoms with E-state index in [-0.39, 0.29) is 11.3 Å². The van der Waals surface area contributed by atoms with Gasteiger partial charge >= 0.3 is 0 Å². The number of anilines is 1. The van der Waals surface area contributed by atoms with Crippen LogP contribution in [0.3, 0.4) is 0 Å². The average molecular weight is 434 g/mol. The summed E-state index contributed by atoms with van der Waals surface area (Å²) < 4.78 is 5.37. The lowest BCUT2D eigenvalue weighted by Gasteiger charge is -2.25. The van der Waals surface area contributed by atoms with E-state index in [2.05, 4.69) is 0 Å². The van der Waals surface area contributed by atoms with Crippen molar-refractivity contribution >= 4 is 34.5 Å². The van der Waals surface area contributed by atoms with Gasteiger partial charge in [0.15, 0.2) is 0 Å². The Morgan fingerprint density at radius 1 is 1.00 bits per heavy atom. The first-order chi connectivity index (χ1) is 14.8. The number of Topliss-reactive ketones (excluding diaryl/α,β-unsaturated/α-hetero) is 1. The smallest absolute Gasteiger partial charge is 0.300 e. The minimum absolute atomic E-state index is 0.104. The quantitative estimate of drug-likeness (QED) is 0.344. The van der Waals surface area contributed by atoms with Gasteiger partial charge in [0.1, 0.15) is 17.6 Å². The maximum atomic E-state index is 13.2. The fourth-order valence-electron chi connectivity index (χ4n) is 4.01. The van der Waals surface area contributed by atoms with Crippen LogP contribution in [-0.2, 0) is 9.59 Å². The molecule has 2 heterocycles. The molecule has 1 fully saturated rings. The molecule has 6 heteroatoms. The first kappa shape index (κ1) is 20.9. The van der Waals surface area contributed by atoms with Crippen molar-refractivity contribution in [1.29, 1.82) is 0 Å². The van der Waals surface area contributed by atoms with Gasteiger partial charge in [-0.25, -0.2) is 0 Å². The zero-order valence-corrected chi connectivity index (χ0v) is 18.6. The number of amides is 1. The summed E-state index contributed by atoms with van der Waals surface area (Å²) in [4.78, 5) is 28.7. The van der Waals surface area contributed by atoms with Crippen LogP contribution in [0.5, 0.6) is 5.75 Å². The number of para-hydroxylation sites is 1. The first-order valence-electron chi connectivity index (χ1n) is 9.90. The molecule has 1 unspecified atom stereocenters. The van der Waals surface area contributed by atoms with Crippen molar-refractivity contribution < 1.29 is 19.4 Å². The number of ketones is 1. The van der Waals surface area contributed by atoms with Crippen molar-refractivity contribution in [2.45, 2.75) is 26.8 Å². The minimum Gasteiger partial charge on any atom is -0.507 e. The molecule has 0 spiro atoms. The normalized spacial score (nSPS) is 17.9. The lowest BCUT2D eigenvalue weighted by atomic mass is 9.95. The van der Waals surface area contributed by atoms with Gasteiger partial charge in [-0.1, -0.05) is 18.2 Å². The average Bonchev–Trinajstić information content (AvgIpc) is 3.30. The summed E-state index contributed by atoms with van der Waals surface area (Å²) in [6.07, 6.45) is 0. The molecule has 1 N–H and O–H groups in total. The van der Waals surface area contributed by atoms with Crippen molar-refractivity contribution in [2.75, 3.05) is 12.0 Å². The Labute approximate surface area is 185 Å². The largest absolute Gasteiger partial charge is 0.507 e. The van der Waals surface area contributed by atoms with Gasteiger partial charge in [0.25, 0.3) is 11.7 Å². The van der Waals surface area contributed by atoms with Crippen LogP contribution in [0.25, 0.3) is 5.76 Å². The summed E-state index contributed by atoms with van der Waals surface area (Å²) in [6, 6.07) is 14.0. The van der Waals surface area contributed by atoms with E-state index in [0.717, 1.165) is 21.6 Å². The molecule has 0 radical (unpaired) electrons. The fourth-order valence-corrected chi connectivity index (χ4v) is 5.03. The summed E-state index contributed by atoms with van der Waals surface area (Å²) in [7, 11) is 1.59. The zero-order chi connectivity index (χ0) is 22.3. The molecule has 1 aliphatic rings. The number of rotatable bonds is 4. The first-order valence-corrected chi connectivity index (χ1v) is 10.8. The molecule has 4 rings (SSSR count). The molecule has 1 aromatic heterocycles.